The number of rotatable bonds is 4. The molecule has 2 bridgehead atoms. The van der Waals surface area contributed by atoms with E-state index in [0.29, 0.717) is 5.56 Å². The maximum absolute atomic E-state index is 12.0. The van der Waals surface area contributed by atoms with E-state index in [1.165, 1.54) is 32.2 Å². The average molecular weight is 273 g/mol. The van der Waals surface area contributed by atoms with Gasteiger partial charge >= 0.3 is 0 Å². The lowest BCUT2D eigenvalue weighted by Crippen LogP contribution is -2.50. The minimum Gasteiger partial charge on any atom is -0.351 e. The third kappa shape index (κ3) is 3.01. The van der Waals surface area contributed by atoms with Gasteiger partial charge in [-0.3, -0.25) is 14.7 Å². The van der Waals surface area contributed by atoms with Gasteiger partial charge in [0.25, 0.3) is 5.91 Å². The molecule has 1 aliphatic carbocycles. The first-order valence-corrected chi connectivity index (χ1v) is 7.67. The molecule has 20 heavy (non-hydrogen) atoms. The van der Waals surface area contributed by atoms with Crippen molar-refractivity contribution in [3.8, 4) is 0 Å². The van der Waals surface area contributed by atoms with E-state index in [4.69, 9.17) is 0 Å². The summed E-state index contributed by atoms with van der Waals surface area (Å²) in [7, 11) is 0. The molecule has 2 aliphatic heterocycles. The van der Waals surface area contributed by atoms with Gasteiger partial charge in [0.05, 0.1) is 5.56 Å². The SMILES string of the molecule is Cc1ccc(C(=O)NCCN2CC3CCC2CC3)cn1. The number of nitrogens with zero attached hydrogens (tertiary/aromatic N) is 2. The number of pyridine rings is 1. The normalized spacial score (nSPS) is 25.6. The maximum atomic E-state index is 12.0. The second kappa shape index (κ2) is 5.92. The third-order valence-corrected chi connectivity index (χ3v) is 4.68. The highest BCUT2D eigenvalue weighted by molar-refractivity contribution is 5.93. The van der Waals surface area contributed by atoms with Crippen LogP contribution in [0.1, 0.15) is 41.7 Å². The molecular weight excluding hydrogens is 250 g/mol. The highest BCUT2D eigenvalue weighted by atomic mass is 16.1. The predicted octanol–water partition coefficient (Wildman–Crippen LogP) is 1.99. The first kappa shape index (κ1) is 13.6. The van der Waals surface area contributed by atoms with Crippen molar-refractivity contribution in [2.45, 2.75) is 38.6 Å². The molecule has 0 atom stereocenters. The molecule has 0 spiro atoms. The van der Waals surface area contributed by atoms with Gasteiger partial charge in [0.1, 0.15) is 0 Å². The Kier molecular flexibility index (Phi) is 4.01. The second-order valence-electron chi connectivity index (χ2n) is 6.11. The van der Waals surface area contributed by atoms with Gasteiger partial charge in [0, 0.05) is 37.6 Å². The molecule has 1 amide bonds. The monoisotopic (exact) mass is 273 g/mol. The largest absolute Gasteiger partial charge is 0.351 e. The van der Waals surface area contributed by atoms with Crippen molar-refractivity contribution >= 4 is 5.91 Å². The first-order chi connectivity index (χ1) is 9.72. The minimum atomic E-state index is -0.0142. The summed E-state index contributed by atoms with van der Waals surface area (Å²) in [6.45, 7) is 4.86. The standard InChI is InChI=1S/C16H23N3O/c1-12-2-5-14(10-18-12)16(20)17-8-9-19-11-13-3-6-15(19)7-4-13/h2,5,10,13,15H,3-4,6-9,11H2,1H3,(H,17,20). The molecule has 0 aromatic carbocycles. The predicted molar refractivity (Wildman–Crippen MR) is 78.6 cm³/mol. The molecule has 4 nitrogen and oxygen atoms in total. The Balaban J connectivity index is 1.45. The topological polar surface area (TPSA) is 45.2 Å². The molecule has 1 aromatic rings. The number of piperidine rings is 2. The van der Waals surface area contributed by atoms with E-state index >= 15 is 0 Å². The Morgan fingerprint density at radius 2 is 2.15 bits per heavy atom. The summed E-state index contributed by atoms with van der Waals surface area (Å²) in [5.74, 6) is 0.886. The zero-order valence-corrected chi connectivity index (χ0v) is 12.1. The van der Waals surface area contributed by atoms with Gasteiger partial charge in [-0.15, -0.1) is 0 Å². The number of carbonyl (C=O) groups is 1. The Bertz CT molecular complexity index is 463. The van der Waals surface area contributed by atoms with Crippen molar-refractivity contribution in [2.24, 2.45) is 5.92 Å². The summed E-state index contributed by atoms with van der Waals surface area (Å²) >= 11 is 0. The van der Waals surface area contributed by atoms with E-state index in [9.17, 15) is 4.79 Å². The van der Waals surface area contributed by atoms with Gasteiger partial charge in [-0.25, -0.2) is 0 Å². The number of amides is 1. The van der Waals surface area contributed by atoms with Crippen molar-refractivity contribution in [3.63, 3.8) is 0 Å². The van der Waals surface area contributed by atoms with Gasteiger partial charge in [-0.2, -0.15) is 0 Å². The molecule has 108 valence electrons. The minimum absolute atomic E-state index is 0.0142. The highest BCUT2D eigenvalue weighted by Gasteiger charge is 2.33. The molecule has 3 heterocycles. The van der Waals surface area contributed by atoms with Crippen molar-refractivity contribution in [1.82, 2.24) is 15.2 Å². The first-order valence-electron chi connectivity index (χ1n) is 7.67. The zero-order chi connectivity index (χ0) is 13.9. The molecule has 1 saturated carbocycles. The van der Waals surface area contributed by atoms with Crippen LogP contribution in [0, 0.1) is 12.8 Å². The maximum Gasteiger partial charge on any atom is 0.252 e. The quantitative estimate of drug-likeness (QED) is 0.912. The average Bonchev–Trinajstić information content (AvgIpc) is 2.49. The Morgan fingerprint density at radius 1 is 1.35 bits per heavy atom. The highest BCUT2D eigenvalue weighted by Crippen LogP contribution is 2.34. The summed E-state index contributed by atoms with van der Waals surface area (Å²) < 4.78 is 0. The van der Waals surface area contributed by atoms with Crippen LogP contribution in [0.15, 0.2) is 18.3 Å². The molecule has 1 aromatic heterocycles. The van der Waals surface area contributed by atoms with Crippen LogP contribution in [0.25, 0.3) is 0 Å². The van der Waals surface area contributed by atoms with E-state index in [-0.39, 0.29) is 5.91 Å². The van der Waals surface area contributed by atoms with Crippen LogP contribution in [0.3, 0.4) is 0 Å². The molecule has 0 radical (unpaired) electrons. The number of nitrogens with one attached hydrogen (secondary N) is 1. The van der Waals surface area contributed by atoms with Crippen LogP contribution in [0.5, 0.6) is 0 Å². The number of aryl methyl sites for hydroxylation is 1. The molecule has 1 N–H and O–H groups in total. The summed E-state index contributed by atoms with van der Waals surface area (Å²) in [6.07, 6.45) is 7.15. The Labute approximate surface area is 120 Å². The Hall–Kier alpha value is -1.42. The lowest BCUT2D eigenvalue weighted by atomic mass is 9.80. The van der Waals surface area contributed by atoms with Crippen molar-refractivity contribution in [3.05, 3.63) is 29.6 Å². The van der Waals surface area contributed by atoms with Crippen LogP contribution in [0.4, 0.5) is 0 Å². The molecule has 3 fully saturated rings. The van der Waals surface area contributed by atoms with Gasteiger partial charge in [0.15, 0.2) is 0 Å². The van der Waals surface area contributed by atoms with Gasteiger partial charge in [-0.1, -0.05) is 0 Å². The number of fused-ring (bicyclic) bond motifs is 3. The van der Waals surface area contributed by atoms with Crippen molar-refractivity contribution < 1.29 is 4.79 Å². The number of hydrogen-bond acceptors (Lipinski definition) is 3. The molecule has 4 rings (SSSR count). The smallest absolute Gasteiger partial charge is 0.252 e. The zero-order valence-electron chi connectivity index (χ0n) is 12.1. The molecular formula is C16H23N3O. The van der Waals surface area contributed by atoms with Crippen LogP contribution >= 0.6 is 0 Å². The lowest BCUT2D eigenvalue weighted by molar-refractivity contribution is 0.0494. The molecule has 2 saturated heterocycles. The van der Waals surface area contributed by atoms with E-state index in [1.54, 1.807) is 6.20 Å². The van der Waals surface area contributed by atoms with Crippen LogP contribution in [-0.2, 0) is 0 Å². The summed E-state index contributed by atoms with van der Waals surface area (Å²) in [5.41, 5.74) is 1.58. The van der Waals surface area contributed by atoms with E-state index in [2.05, 4.69) is 15.2 Å². The van der Waals surface area contributed by atoms with Gasteiger partial charge < -0.3 is 5.32 Å². The van der Waals surface area contributed by atoms with E-state index < -0.39 is 0 Å². The number of hydrogen-bond donors (Lipinski definition) is 1. The number of carbonyl (C=O) groups excluding carboxylic acids is 1. The Morgan fingerprint density at radius 3 is 2.75 bits per heavy atom. The van der Waals surface area contributed by atoms with Crippen molar-refractivity contribution in [1.29, 1.82) is 0 Å². The number of aromatic nitrogens is 1. The molecule has 4 heteroatoms. The molecule has 3 aliphatic rings. The fourth-order valence-corrected chi connectivity index (χ4v) is 3.46. The van der Waals surface area contributed by atoms with Crippen LogP contribution in [-0.4, -0.2) is 41.5 Å². The lowest BCUT2D eigenvalue weighted by Gasteiger charge is -2.45. The van der Waals surface area contributed by atoms with Crippen LogP contribution in [0.2, 0.25) is 0 Å². The van der Waals surface area contributed by atoms with Crippen molar-refractivity contribution in [2.75, 3.05) is 19.6 Å². The van der Waals surface area contributed by atoms with E-state index in [0.717, 1.165) is 30.7 Å². The fourth-order valence-electron chi connectivity index (χ4n) is 3.46. The second-order valence-corrected chi connectivity index (χ2v) is 6.11. The van der Waals surface area contributed by atoms with Crippen LogP contribution < -0.4 is 5.32 Å². The fraction of sp³-hybridized carbons (Fsp3) is 0.625. The summed E-state index contributed by atoms with van der Waals surface area (Å²) in [4.78, 5) is 18.7. The summed E-state index contributed by atoms with van der Waals surface area (Å²) in [5, 5.41) is 3.00. The third-order valence-electron chi connectivity index (χ3n) is 4.68. The van der Waals surface area contributed by atoms with Gasteiger partial charge in [0.2, 0.25) is 0 Å². The molecule has 0 unspecified atom stereocenters. The van der Waals surface area contributed by atoms with Gasteiger partial charge in [-0.05, 0) is 50.7 Å². The van der Waals surface area contributed by atoms with E-state index in [1.807, 2.05) is 19.1 Å². The summed E-state index contributed by atoms with van der Waals surface area (Å²) in [6, 6.07) is 4.47.